The molecule has 2 nitrogen and oxygen atoms in total. The molecule has 1 aromatic heterocycles. The van der Waals surface area contributed by atoms with Crippen LogP contribution >= 0.6 is 11.6 Å². The van der Waals surface area contributed by atoms with Gasteiger partial charge in [0.1, 0.15) is 0 Å². The number of hydrogen-bond donors (Lipinski definition) is 0. The highest BCUT2D eigenvalue weighted by molar-refractivity contribution is 6.30. The maximum Gasteiger partial charge on any atom is 0.0998 e. The first-order chi connectivity index (χ1) is 10.1. The minimum Gasteiger partial charge on any atom is -0.259 e. The van der Waals surface area contributed by atoms with E-state index in [1.165, 1.54) is 31.3 Å². The minimum absolute atomic E-state index is 0.585. The van der Waals surface area contributed by atoms with Crippen molar-refractivity contribution < 1.29 is 0 Å². The zero-order valence-electron chi connectivity index (χ0n) is 13.1. The van der Waals surface area contributed by atoms with Crippen LogP contribution in [-0.2, 0) is 0 Å². The van der Waals surface area contributed by atoms with Crippen molar-refractivity contribution in [3.05, 3.63) is 34.1 Å². The normalized spacial score (nSPS) is 17.7. The molecule has 21 heavy (non-hydrogen) atoms. The Morgan fingerprint density at radius 2 is 2.24 bits per heavy atom. The summed E-state index contributed by atoms with van der Waals surface area (Å²) in [6, 6.07) is 4.23. The monoisotopic (exact) mass is 302 g/mol. The molecule has 0 N–H and O–H groups in total. The second-order valence-corrected chi connectivity index (χ2v) is 6.55. The van der Waals surface area contributed by atoms with E-state index in [0.717, 1.165) is 29.2 Å². The van der Waals surface area contributed by atoms with Gasteiger partial charge in [-0.25, -0.2) is 0 Å². The zero-order valence-corrected chi connectivity index (χ0v) is 13.9. The number of allylic oxidation sites excluding steroid dienone is 2. The molecule has 0 bridgehead atoms. The second-order valence-electron chi connectivity index (χ2n) is 6.12. The molecule has 0 amide bonds. The average molecular weight is 303 g/mol. The first-order valence-electron chi connectivity index (χ1n) is 7.79. The highest BCUT2D eigenvalue weighted by Crippen LogP contribution is 2.39. The number of aryl methyl sites for hydroxylation is 1. The van der Waals surface area contributed by atoms with Gasteiger partial charge >= 0.3 is 0 Å². The summed E-state index contributed by atoms with van der Waals surface area (Å²) in [6.07, 6.45) is 7.90. The molecule has 1 aliphatic carbocycles. The van der Waals surface area contributed by atoms with Crippen LogP contribution in [0.3, 0.4) is 0 Å². The van der Waals surface area contributed by atoms with Crippen LogP contribution in [0.25, 0.3) is 5.57 Å². The Hall–Kier alpha value is -1.33. The zero-order chi connectivity index (χ0) is 15.4. The Kier molecular flexibility index (Phi) is 5.42. The quantitative estimate of drug-likeness (QED) is 0.668. The third-order valence-corrected chi connectivity index (χ3v) is 4.98. The Balaban J connectivity index is 2.28. The number of nitriles is 1. The molecule has 0 aromatic carbocycles. The fourth-order valence-electron chi connectivity index (χ4n) is 3.20. The largest absolute Gasteiger partial charge is 0.259 e. The van der Waals surface area contributed by atoms with E-state index in [1.54, 1.807) is 6.20 Å². The van der Waals surface area contributed by atoms with Crippen LogP contribution < -0.4 is 0 Å². The summed E-state index contributed by atoms with van der Waals surface area (Å²) in [7, 11) is 0. The predicted octanol–water partition coefficient (Wildman–Crippen LogP) is 5.56. The van der Waals surface area contributed by atoms with Crippen molar-refractivity contribution in [3.63, 3.8) is 0 Å². The summed E-state index contributed by atoms with van der Waals surface area (Å²) in [5, 5.41) is 10.2. The van der Waals surface area contributed by atoms with E-state index in [4.69, 9.17) is 11.6 Å². The number of hydrogen-bond acceptors (Lipinski definition) is 2. The highest BCUT2D eigenvalue weighted by Gasteiger charge is 2.26. The van der Waals surface area contributed by atoms with Gasteiger partial charge in [-0.15, -0.1) is 0 Å². The highest BCUT2D eigenvalue weighted by atomic mass is 35.5. The van der Waals surface area contributed by atoms with E-state index >= 15 is 0 Å². The lowest BCUT2D eigenvalue weighted by Crippen LogP contribution is -2.21. The summed E-state index contributed by atoms with van der Waals surface area (Å²) < 4.78 is 0. The lowest BCUT2D eigenvalue weighted by Gasteiger charge is -2.33. The van der Waals surface area contributed by atoms with E-state index in [1.807, 2.05) is 13.0 Å². The standard InChI is InChI=1S/C18H23ClN2/c1-4-14(15-6-5-7-15)8-12(2)18(10-20)17-9-16(19)11-21-13(17)3/h9,11,14-15H,4-8H2,1-3H3. The molecule has 1 saturated carbocycles. The lowest BCUT2D eigenvalue weighted by molar-refractivity contribution is 0.199. The average Bonchev–Trinajstić information content (AvgIpc) is 2.40. The van der Waals surface area contributed by atoms with Crippen molar-refractivity contribution >= 4 is 17.2 Å². The van der Waals surface area contributed by atoms with Crippen LogP contribution in [0, 0.1) is 30.1 Å². The summed E-state index contributed by atoms with van der Waals surface area (Å²) in [6.45, 7) is 6.27. The van der Waals surface area contributed by atoms with Crippen molar-refractivity contribution in [1.29, 1.82) is 5.26 Å². The van der Waals surface area contributed by atoms with Gasteiger partial charge in [0.25, 0.3) is 0 Å². The van der Waals surface area contributed by atoms with Crippen LogP contribution in [0.1, 0.15) is 57.2 Å². The number of rotatable bonds is 5. The molecule has 2 rings (SSSR count). The number of aromatic nitrogens is 1. The predicted molar refractivity (Wildman–Crippen MR) is 87.9 cm³/mol. The van der Waals surface area contributed by atoms with E-state index in [-0.39, 0.29) is 0 Å². The molecule has 0 radical (unpaired) electrons. The van der Waals surface area contributed by atoms with E-state index in [0.29, 0.717) is 10.9 Å². The first-order valence-corrected chi connectivity index (χ1v) is 8.17. The van der Waals surface area contributed by atoms with Crippen LogP contribution in [0.5, 0.6) is 0 Å². The lowest BCUT2D eigenvalue weighted by atomic mass is 9.72. The topological polar surface area (TPSA) is 36.7 Å². The molecule has 3 heteroatoms. The molecule has 1 aliphatic rings. The molecule has 0 aliphatic heterocycles. The number of halogens is 1. The van der Waals surface area contributed by atoms with Crippen molar-refractivity contribution in [3.8, 4) is 6.07 Å². The van der Waals surface area contributed by atoms with Gasteiger partial charge in [0.15, 0.2) is 0 Å². The molecule has 0 spiro atoms. The number of nitrogens with zero attached hydrogens (tertiary/aromatic N) is 2. The Labute approximate surface area is 132 Å². The molecular formula is C18H23ClN2. The van der Waals surface area contributed by atoms with Crippen molar-refractivity contribution in [1.82, 2.24) is 4.98 Å². The molecule has 1 unspecified atom stereocenters. The first kappa shape index (κ1) is 16.0. The number of pyridine rings is 1. The third kappa shape index (κ3) is 3.66. The summed E-state index contributed by atoms with van der Waals surface area (Å²) in [5.41, 5.74) is 3.67. The third-order valence-electron chi connectivity index (χ3n) is 4.77. The molecular weight excluding hydrogens is 280 g/mol. The molecule has 1 atom stereocenters. The van der Waals surface area contributed by atoms with Gasteiger partial charge in [-0.1, -0.05) is 49.8 Å². The van der Waals surface area contributed by atoms with E-state index < -0.39 is 0 Å². The Bertz CT molecular complexity index is 579. The van der Waals surface area contributed by atoms with Crippen molar-refractivity contribution in [2.75, 3.05) is 0 Å². The van der Waals surface area contributed by atoms with Gasteiger partial charge in [-0.2, -0.15) is 5.26 Å². The van der Waals surface area contributed by atoms with Crippen LogP contribution in [0.2, 0.25) is 5.02 Å². The van der Waals surface area contributed by atoms with E-state index in [2.05, 4.69) is 24.9 Å². The van der Waals surface area contributed by atoms with Gasteiger partial charge in [0.2, 0.25) is 0 Å². The van der Waals surface area contributed by atoms with Gasteiger partial charge in [0.05, 0.1) is 16.7 Å². The Morgan fingerprint density at radius 3 is 2.76 bits per heavy atom. The molecule has 1 heterocycles. The minimum atomic E-state index is 0.585. The summed E-state index contributed by atoms with van der Waals surface area (Å²) in [4.78, 5) is 4.27. The van der Waals surface area contributed by atoms with E-state index in [9.17, 15) is 5.26 Å². The second kappa shape index (κ2) is 7.09. The van der Waals surface area contributed by atoms with Crippen molar-refractivity contribution in [2.45, 2.75) is 52.9 Å². The van der Waals surface area contributed by atoms with Gasteiger partial charge in [-0.05, 0) is 38.2 Å². The van der Waals surface area contributed by atoms with Gasteiger partial charge in [0, 0.05) is 17.5 Å². The molecule has 0 saturated heterocycles. The SMILES string of the molecule is CCC(CC(C)=C(C#N)c1cc(Cl)cnc1C)C1CCC1. The van der Waals surface area contributed by atoms with Crippen LogP contribution in [-0.4, -0.2) is 4.98 Å². The maximum absolute atomic E-state index is 9.58. The Morgan fingerprint density at radius 1 is 1.52 bits per heavy atom. The van der Waals surface area contributed by atoms with Crippen molar-refractivity contribution in [2.24, 2.45) is 11.8 Å². The summed E-state index contributed by atoms with van der Waals surface area (Å²) >= 11 is 6.04. The molecule has 112 valence electrons. The van der Waals surface area contributed by atoms with Gasteiger partial charge < -0.3 is 0 Å². The molecule has 1 aromatic rings. The van der Waals surface area contributed by atoms with Gasteiger partial charge in [-0.3, -0.25) is 4.98 Å². The van der Waals surface area contributed by atoms with Crippen LogP contribution in [0.15, 0.2) is 17.8 Å². The maximum atomic E-state index is 9.58. The summed E-state index contributed by atoms with van der Waals surface area (Å²) in [5.74, 6) is 1.55. The fourth-order valence-corrected chi connectivity index (χ4v) is 3.36. The fraction of sp³-hybridized carbons (Fsp3) is 0.556. The smallest absolute Gasteiger partial charge is 0.0998 e. The molecule has 1 fully saturated rings. The van der Waals surface area contributed by atoms with Crippen LogP contribution in [0.4, 0.5) is 0 Å².